The maximum absolute atomic E-state index is 14.6. The zero-order valence-electron chi connectivity index (χ0n) is 25.3. The summed E-state index contributed by atoms with van der Waals surface area (Å²) in [5.74, 6) is -1.74. The molecular weight excluding hydrogens is 613 g/mol. The van der Waals surface area contributed by atoms with Crippen LogP contribution in [0.25, 0.3) is 5.57 Å². The fourth-order valence-corrected chi connectivity index (χ4v) is 6.84. The highest BCUT2D eigenvalue weighted by atomic mass is 32.1. The number of hydrogen-bond donors (Lipinski definition) is 0. The van der Waals surface area contributed by atoms with E-state index in [2.05, 4.69) is 4.99 Å². The second-order valence-electron chi connectivity index (χ2n) is 10.5. The van der Waals surface area contributed by atoms with Gasteiger partial charge in [-0.2, -0.15) is 0 Å². The van der Waals surface area contributed by atoms with Gasteiger partial charge in [-0.05, 0) is 43.7 Å². The highest BCUT2D eigenvalue weighted by Crippen LogP contribution is 2.38. The van der Waals surface area contributed by atoms with Gasteiger partial charge in [0.2, 0.25) is 0 Å². The smallest absolute Gasteiger partial charge is 0.338 e. The van der Waals surface area contributed by atoms with Crippen LogP contribution < -0.4 is 29.3 Å². The lowest BCUT2D eigenvalue weighted by atomic mass is 9.95. The molecule has 6 rings (SSSR count). The van der Waals surface area contributed by atoms with Gasteiger partial charge in [0, 0.05) is 18.1 Å². The van der Waals surface area contributed by atoms with Crippen molar-refractivity contribution in [3.05, 3.63) is 120 Å². The molecule has 3 aromatic carbocycles. The Kier molecular flexibility index (Phi) is 8.13. The number of carbonyl (C=O) groups excluding carboxylic acids is 3. The lowest BCUT2D eigenvalue weighted by molar-refractivity contribution is -0.139. The first-order valence-electron chi connectivity index (χ1n) is 14.4. The summed E-state index contributed by atoms with van der Waals surface area (Å²) in [5, 5.41) is 0. The largest absolute Gasteiger partial charge is 0.493 e. The summed E-state index contributed by atoms with van der Waals surface area (Å²) < 4.78 is 32.2. The molecule has 4 aromatic rings. The summed E-state index contributed by atoms with van der Waals surface area (Å²) in [4.78, 5) is 59.9. The molecule has 0 radical (unpaired) electrons. The molecule has 0 N–H and O–H groups in total. The second kappa shape index (κ2) is 12.2. The standard InChI is InChI=1S/C34H28FN3O7S/c1-5-44-33(42)27-18(2)36-34-38(29(27)20-14-15-25(45-19(3)39)26(16-20)43-4)32(41)30(46-34)28-22-11-7-9-13-24(22)37(31(28)40)17-21-10-6-8-12-23(21)35/h6-16,29H,5,17H2,1-4H3/b30-28-/t29-/m0/s1. The van der Waals surface area contributed by atoms with Gasteiger partial charge in [0.1, 0.15) is 10.3 Å². The Morgan fingerprint density at radius 1 is 1.02 bits per heavy atom. The first-order chi connectivity index (χ1) is 22.1. The van der Waals surface area contributed by atoms with Crippen molar-refractivity contribution in [2.24, 2.45) is 4.99 Å². The normalized spacial score (nSPS) is 16.5. The maximum Gasteiger partial charge on any atom is 0.338 e. The van der Waals surface area contributed by atoms with Gasteiger partial charge in [-0.25, -0.2) is 14.2 Å². The number of nitrogens with zero attached hydrogens (tertiary/aromatic N) is 3. The lowest BCUT2D eigenvalue weighted by Gasteiger charge is -2.25. The molecule has 1 amide bonds. The summed E-state index contributed by atoms with van der Waals surface area (Å²) in [6, 6.07) is 16.9. The van der Waals surface area contributed by atoms with Crippen LogP contribution >= 0.6 is 11.3 Å². The summed E-state index contributed by atoms with van der Waals surface area (Å²) in [5.41, 5.74) is 1.95. The molecule has 234 valence electrons. The number of allylic oxidation sites excluding steroid dienone is 1. The third-order valence-electron chi connectivity index (χ3n) is 7.69. The number of rotatable bonds is 7. The molecule has 0 spiro atoms. The Morgan fingerprint density at radius 3 is 2.48 bits per heavy atom. The van der Waals surface area contributed by atoms with E-state index in [0.29, 0.717) is 28.1 Å². The van der Waals surface area contributed by atoms with Gasteiger partial charge in [0.15, 0.2) is 16.3 Å². The number of hydrogen-bond acceptors (Lipinski definition) is 9. The van der Waals surface area contributed by atoms with Crippen molar-refractivity contribution in [1.82, 2.24) is 4.57 Å². The molecule has 0 fully saturated rings. The minimum Gasteiger partial charge on any atom is -0.493 e. The maximum atomic E-state index is 14.6. The molecule has 10 nitrogen and oxygen atoms in total. The molecule has 0 unspecified atom stereocenters. The number of methoxy groups -OCH3 is 1. The molecular formula is C34H28FN3O7S. The number of para-hydroxylation sites is 1. The minimum absolute atomic E-state index is 0.0341. The molecule has 0 saturated carbocycles. The van der Waals surface area contributed by atoms with Gasteiger partial charge < -0.3 is 19.1 Å². The van der Waals surface area contributed by atoms with Crippen molar-refractivity contribution >= 4 is 40.4 Å². The number of carbonyl (C=O) groups is 3. The van der Waals surface area contributed by atoms with E-state index in [4.69, 9.17) is 14.2 Å². The average molecular weight is 642 g/mol. The predicted molar refractivity (Wildman–Crippen MR) is 168 cm³/mol. The van der Waals surface area contributed by atoms with E-state index in [9.17, 15) is 23.6 Å². The van der Waals surface area contributed by atoms with Crippen LogP contribution in [-0.4, -0.2) is 36.1 Å². The van der Waals surface area contributed by atoms with Crippen LogP contribution in [0, 0.1) is 5.82 Å². The van der Waals surface area contributed by atoms with Crippen molar-refractivity contribution in [2.75, 3.05) is 18.6 Å². The van der Waals surface area contributed by atoms with E-state index in [-0.39, 0.29) is 45.1 Å². The fraction of sp³-hybridized carbons (Fsp3) is 0.206. The molecule has 3 heterocycles. The fourth-order valence-electron chi connectivity index (χ4n) is 5.70. The van der Waals surface area contributed by atoms with E-state index in [1.165, 1.54) is 35.6 Å². The van der Waals surface area contributed by atoms with Crippen molar-refractivity contribution in [2.45, 2.75) is 33.4 Å². The third-order valence-corrected chi connectivity index (χ3v) is 8.74. The first-order valence-corrected chi connectivity index (χ1v) is 15.2. The number of esters is 2. The van der Waals surface area contributed by atoms with Crippen molar-refractivity contribution in [1.29, 1.82) is 0 Å². The van der Waals surface area contributed by atoms with Crippen LogP contribution in [0.3, 0.4) is 0 Å². The lowest BCUT2D eigenvalue weighted by Crippen LogP contribution is -2.41. The number of benzene rings is 3. The van der Waals surface area contributed by atoms with E-state index in [1.807, 2.05) is 0 Å². The average Bonchev–Trinajstić information content (AvgIpc) is 3.49. The molecule has 2 aliphatic heterocycles. The van der Waals surface area contributed by atoms with Crippen molar-refractivity contribution in [3.8, 4) is 11.5 Å². The Labute approximate surface area is 266 Å². The van der Waals surface area contributed by atoms with Crippen LogP contribution in [0.5, 0.6) is 11.5 Å². The summed E-state index contributed by atoms with van der Waals surface area (Å²) in [6.45, 7) is 4.64. The summed E-state index contributed by atoms with van der Waals surface area (Å²) in [7, 11) is 1.41. The topological polar surface area (TPSA) is 117 Å². The SMILES string of the molecule is CCOC(=O)C1=C(C)N=c2s/c(=C3\C(=O)N(Cc4ccccc4F)c4ccccc43)c(=O)n2[C@H]1c1ccc(OC(C)=O)c(OC)c1. The molecule has 1 atom stereocenters. The summed E-state index contributed by atoms with van der Waals surface area (Å²) in [6.07, 6.45) is 0. The Hall–Kier alpha value is -5.36. The number of halogens is 1. The molecule has 2 aliphatic rings. The molecule has 1 aromatic heterocycles. The monoisotopic (exact) mass is 641 g/mol. The highest BCUT2D eigenvalue weighted by molar-refractivity contribution is 7.07. The number of aromatic nitrogens is 1. The van der Waals surface area contributed by atoms with Gasteiger partial charge >= 0.3 is 11.9 Å². The van der Waals surface area contributed by atoms with Gasteiger partial charge in [-0.3, -0.25) is 19.0 Å². The number of amides is 1. The molecule has 12 heteroatoms. The second-order valence-corrected chi connectivity index (χ2v) is 11.5. The zero-order valence-corrected chi connectivity index (χ0v) is 26.1. The van der Waals surface area contributed by atoms with E-state index >= 15 is 0 Å². The van der Waals surface area contributed by atoms with E-state index < -0.39 is 35.3 Å². The van der Waals surface area contributed by atoms with Crippen LogP contribution in [-0.2, 0) is 25.7 Å². The zero-order chi connectivity index (χ0) is 32.7. The minimum atomic E-state index is -1.01. The molecule has 46 heavy (non-hydrogen) atoms. The Balaban J connectivity index is 1.57. The number of ether oxygens (including phenoxy) is 3. The van der Waals surface area contributed by atoms with Crippen LogP contribution in [0.4, 0.5) is 10.1 Å². The van der Waals surface area contributed by atoms with Gasteiger partial charge in [0.05, 0.1) is 48.8 Å². The quantitative estimate of drug-likeness (QED) is 0.223. The number of thiazole rings is 1. The van der Waals surface area contributed by atoms with Gasteiger partial charge in [-0.15, -0.1) is 0 Å². The highest BCUT2D eigenvalue weighted by Gasteiger charge is 2.38. The van der Waals surface area contributed by atoms with Crippen LogP contribution in [0.1, 0.15) is 43.5 Å². The Morgan fingerprint density at radius 2 is 1.76 bits per heavy atom. The van der Waals surface area contributed by atoms with Crippen molar-refractivity contribution in [3.63, 3.8) is 0 Å². The molecule has 0 saturated heterocycles. The van der Waals surface area contributed by atoms with E-state index in [0.717, 1.165) is 11.3 Å². The summed E-state index contributed by atoms with van der Waals surface area (Å²) >= 11 is 1.03. The molecule has 0 bridgehead atoms. The first kappa shape index (κ1) is 30.7. The van der Waals surface area contributed by atoms with Crippen molar-refractivity contribution < 1.29 is 33.0 Å². The Bertz CT molecular complexity index is 2150. The predicted octanol–water partition coefficient (Wildman–Crippen LogP) is 3.79. The van der Waals surface area contributed by atoms with E-state index in [1.54, 1.807) is 68.4 Å². The van der Waals surface area contributed by atoms with Crippen LogP contribution in [0.2, 0.25) is 0 Å². The third kappa shape index (κ3) is 5.20. The van der Waals surface area contributed by atoms with Gasteiger partial charge in [0.25, 0.3) is 11.5 Å². The van der Waals surface area contributed by atoms with Crippen LogP contribution in [0.15, 0.2) is 87.8 Å². The number of anilines is 1. The van der Waals surface area contributed by atoms with Gasteiger partial charge in [-0.1, -0.05) is 53.8 Å². The molecule has 0 aliphatic carbocycles. The number of fused-ring (bicyclic) bond motifs is 2.